The van der Waals surface area contributed by atoms with Crippen LogP contribution in [0.3, 0.4) is 0 Å². The molecule has 0 spiro atoms. The van der Waals surface area contributed by atoms with Gasteiger partial charge in [0.15, 0.2) is 0 Å². The van der Waals surface area contributed by atoms with Gasteiger partial charge >= 0.3 is 0 Å². The van der Waals surface area contributed by atoms with Crippen LogP contribution in [0.4, 0.5) is 0 Å². The Kier molecular flexibility index (Phi) is 6.35. The molecule has 1 N–H and O–H groups in total. The molecule has 170 valence electrons. The number of hydrogen-bond acceptors (Lipinski definition) is 5. The van der Waals surface area contributed by atoms with E-state index in [9.17, 15) is 18.0 Å². The minimum absolute atomic E-state index is 0.00440. The molecular formula is C22H32N4O4S. The van der Waals surface area contributed by atoms with Crippen LogP contribution in [0.2, 0.25) is 0 Å². The molecule has 0 radical (unpaired) electrons. The molecule has 3 aliphatic rings. The van der Waals surface area contributed by atoms with Gasteiger partial charge in [-0.15, -0.1) is 0 Å². The molecule has 2 unspecified atom stereocenters. The van der Waals surface area contributed by atoms with E-state index in [2.05, 4.69) is 17.1 Å². The zero-order chi connectivity index (χ0) is 22.2. The van der Waals surface area contributed by atoms with Crippen LogP contribution in [-0.2, 0) is 27.8 Å². The molecule has 1 aromatic heterocycles. The van der Waals surface area contributed by atoms with Gasteiger partial charge < -0.3 is 9.88 Å². The summed E-state index contributed by atoms with van der Waals surface area (Å²) < 4.78 is 26.4. The molecule has 1 amide bonds. The maximum atomic E-state index is 13.2. The van der Waals surface area contributed by atoms with Crippen molar-refractivity contribution >= 4 is 15.9 Å². The summed E-state index contributed by atoms with van der Waals surface area (Å²) in [7, 11) is -3.43. The quantitative estimate of drug-likeness (QED) is 0.712. The van der Waals surface area contributed by atoms with Gasteiger partial charge in [-0.1, -0.05) is 12.2 Å². The number of allylic oxidation sites excluding steroid dienone is 2. The van der Waals surface area contributed by atoms with Crippen molar-refractivity contribution in [3.63, 3.8) is 0 Å². The van der Waals surface area contributed by atoms with E-state index >= 15 is 0 Å². The third kappa shape index (κ3) is 4.35. The number of hydrogen-bond donors (Lipinski definition) is 1. The Labute approximate surface area is 183 Å². The summed E-state index contributed by atoms with van der Waals surface area (Å²) in [6, 6.07) is -0.220. The highest BCUT2D eigenvalue weighted by atomic mass is 32.2. The molecule has 2 aliphatic heterocycles. The second-order valence-corrected chi connectivity index (χ2v) is 11.6. The predicted octanol–water partition coefficient (Wildman–Crippen LogP) is 2.28. The number of aromatic nitrogens is 2. The number of H-pyrrole nitrogens is 1. The maximum absolute atomic E-state index is 13.2. The summed E-state index contributed by atoms with van der Waals surface area (Å²) >= 11 is 0. The molecule has 0 saturated carbocycles. The molecule has 0 aromatic carbocycles. The number of sulfonamides is 1. The van der Waals surface area contributed by atoms with Crippen molar-refractivity contribution in [3.8, 4) is 0 Å². The number of carbonyl (C=O) groups excluding carboxylic acids is 1. The summed E-state index contributed by atoms with van der Waals surface area (Å²) in [4.78, 5) is 35.7. The molecule has 1 saturated heterocycles. The summed E-state index contributed by atoms with van der Waals surface area (Å²) in [5.74, 6) is 0.705. The first-order chi connectivity index (χ1) is 14.8. The Balaban J connectivity index is 1.60. The number of fused-ring (bicyclic) bond motifs is 1. The topological polar surface area (TPSA) is 103 Å². The van der Waals surface area contributed by atoms with E-state index in [0.29, 0.717) is 36.6 Å². The zero-order valence-electron chi connectivity index (χ0n) is 18.3. The first kappa shape index (κ1) is 22.2. The Morgan fingerprint density at radius 2 is 2.00 bits per heavy atom. The van der Waals surface area contributed by atoms with Gasteiger partial charge in [-0.2, -0.15) is 4.31 Å². The van der Waals surface area contributed by atoms with Gasteiger partial charge in [0.2, 0.25) is 15.9 Å². The maximum Gasteiger partial charge on any atom is 0.255 e. The number of carbonyl (C=O) groups is 1. The van der Waals surface area contributed by atoms with E-state index in [1.54, 1.807) is 13.8 Å². The largest absolute Gasteiger partial charge is 0.332 e. The number of amides is 1. The van der Waals surface area contributed by atoms with Crippen LogP contribution >= 0.6 is 0 Å². The standard InChI is InChI=1S/C22H32N4O4S/c1-15(2)31(29,30)25-13-11-18-17(14-25)21(27)24-20(23-18)19-10-6-7-12-26(19)22(28)16-8-4-3-5-9-16/h3-4,15-16,19H,5-14H2,1-2H3,(H,23,24,27). The summed E-state index contributed by atoms with van der Waals surface area (Å²) in [5.41, 5.74) is 0.792. The first-order valence-corrected chi connectivity index (χ1v) is 12.9. The second-order valence-electron chi connectivity index (χ2n) is 9.08. The molecule has 31 heavy (non-hydrogen) atoms. The normalized spacial score (nSPS) is 24.9. The van der Waals surface area contributed by atoms with Crippen LogP contribution in [0.5, 0.6) is 0 Å². The first-order valence-electron chi connectivity index (χ1n) is 11.4. The number of nitrogens with one attached hydrogen (secondary N) is 1. The van der Waals surface area contributed by atoms with E-state index in [-0.39, 0.29) is 30.0 Å². The van der Waals surface area contributed by atoms with Crippen molar-refractivity contribution in [2.45, 2.75) is 76.6 Å². The Morgan fingerprint density at radius 3 is 2.71 bits per heavy atom. The highest BCUT2D eigenvalue weighted by molar-refractivity contribution is 7.89. The molecular weight excluding hydrogens is 416 g/mol. The van der Waals surface area contributed by atoms with Crippen molar-refractivity contribution in [2.24, 2.45) is 5.92 Å². The van der Waals surface area contributed by atoms with Gasteiger partial charge in [0.25, 0.3) is 5.56 Å². The minimum atomic E-state index is -3.43. The highest BCUT2D eigenvalue weighted by Crippen LogP contribution is 2.33. The molecule has 0 bridgehead atoms. The third-order valence-corrected chi connectivity index (χ3v) is 8.95. The highest BCUT2D eigenvalue weighted by Gasteiger charge is 2.36. The molecule has 1 fully saturated rings. The van der Waals surface area contributed by atoms with Gasteiger partial charge in [0.1, 0.15) is 5.82 Å². The predicted molar refractivity (Wildman–Crippen MR) is 118 cm³/mol. The van der Waals surface area contributed by atoms with Crippen LogP contribution in [0.25, 0.3) is 0 Å². The monoisotopic (exact) mass is 448 g/mol. The van der Waals surface area contributed by atoms with E-state index < -0.39 is 15.3 Å². The Morgan fingerprint density at radius 1 is 1.19 bits per heavy atom. The minimum Gasteiger partial charge on any atom is -0.332 e. The fourth-order valence-electron chi connectivity index (χ4n) is 4.82. The molecule has 9 heteroatoms. The zero-order valence-corrected chi connectivity index (χ0v) is 19.2. The van der Waals surface area contributed by atoms with Crippen molar-refractivity contribution in [1.82, 2.24) is 19.2 Å². The van der Waals surface area contributed by atoms with Crippen LogP contribution in [-0.4, -0.2) is 51.8 Å². The van der Waals surface area contributed by atoms with Crippen molar-refractivity contribution in [1.29, 1.82) is 0 Å². The lowest BCUT2D eigenvalue weighted by Gasteiger charge is -2.38. The van der Waals surface area contributed by atoms with Crippen molar-refractivity contribution in [2.75, 3.05) is 13.1 Å². The number of piperidine rings is 1. The van der Waals surface area contributed by atoms with Gasteiger partial charge in [-0.25, -0.2) is 13.4 Å². The lowest BCUT2D eigenvalue weighted by molar-refractivity contribution is -0.140. The molecule has 1 aromatic rings. The molecule has 2 atom stereocenters. The molecule has 8 nitrogen and oxygen atoms in total. The van der Waals surface area contributed by atoms with Crippen LogP contribution < -0.4 is 5.56 Å². The number of nitrogens with zero attached hydrogens (tertiary/aromatic N) is 3. The van der Waals surface area contributed by atoms with E-state index in [1.807, 2.05) is 4.90 Å². The third-order valence-electron chi connectivity index (χ3n) is 6.73. The molecule has 3 heterocycles. The number of rotatable bonds is 4. The second kappa shape index (κ2) is 8.86. The smallest absolute Gasteiger partial charge is 0.255 e. The van der Waals surface area contributed by atoms with Crippen LogP contribution in [0.1, 0.15) is 75.5 Å². The lowest BCUT2D eigenvalue weighted by atomic mass is 9.91. The molecule has 1 aliphatic carbocycles. The summed E-state index contributed by atoms with van der Waals surface area (Å²) in [6.45, 7) is 4.36. The SMILES string of the molecule is CC(C)S(=O)(=O)N1CCc2nc(C3CCCCN3C(=O)C3CC=CCC3)[nH]c(=O)c2C1. The average Bonchev–Trinajstić information content (AvgIpc) is 2.78. The van der Waals surface area contributed by atoms with Crippen molar-refractivity contribution in [3.05, 3.63) is 39.6 Å². The summed E-state index contributed by atoms with van der Waals surface area (Å²) in [6.07, 6.45) is 9.92. The fraction of sp³-hybridized carbons (Fsp3) is 0.682. The van der Waals surface area contributed by atoms with Crippen LogP contribution in [0, 0.1) is 5.92 Å². The Hall–Kier alpha value is -2.00. The lowest BCUT2D eigenvalue weighted by Crippen LogP contribution is -2.45. The van der Waals surface area contributed by atoms with Gasteiger partial charge in [-0.05, 0) is 52.4 Å². The van der Waals surface area contributed by atoms with Crippen molar-refractivity contribution < 1.29 is 13.2 Å². The summed E-state index contributed by atoms with van der Waals surface area (Å²) in [5, 5.41) is -0.531. The Bertz CT molecular complexity index is 1030. The van der Waals surface area contributed by atoms with Gasteiger partial charge in [0, 0.05) is 32.0 Å². The number of likely N-dealkylation sites (tertiary alicyclic amines) is 1. The fourth-order valence-corrected chi connectivity index (χ4v) is 6.08. The van der Waals surface area contributed by atoms with E-state index in [1.165, 1.54) is 4.31 Å². The average molecular weight is 449 g/mol. The van der Waals surface area contributed by atoms with Gasteiger partial charge in [-0.3, -0.25) is 9.59 Å². The number of aromatic amines is 1. The van der Waals surface area contributed by atoms with E-state index in [0.717, 1.165) is 38.5 Å². The van der Waals surface area contributed by atoms with E-state index in [4.69, 9.17) is 4.98 Å². The van der Waals surface area contributed by atoms with Gasteiger partial charge in [0.05, 0.1) is 22.5 Å². The van der Waals surface area contributed by atoms with Crippen LogP contribution in [0.15, 0.2) is 16.9 Å². The molecule has 4 rings (SSSR count).